The maximum Gasteiger partial charge on any atom is 0.298 e. The van der Waals surface area contributed by atoms with E-state index in [9.17, 15) is 0 Å². The first-order valence-electron chi connectivity index (χ1n) is 5.72. The van der Waals surface area contributed by atoms with Crippen molar-refractivity contribution >= 4 is 11.5 Å². The van der Waals surface area contributed by atoms with Crippen LogP contribution in [-0.4, -0.2) is 19.6 Å². The van der Waals surface area contributed by atoms with Gasteiger partial charge in [-0.1, -0.05) is 6.92 Å². The van der Waals surface area contributed by atoms with Crippen LogP contribution in [0.2, 0.25) is 0 Å². The van der Waals surface area contributed by atoms with E-state index in [4.69, 9.17) is 9.15 Å². The van der Waals surface area contributed by atoms with Crippen LogP contribution in [0.15, 0.2) is 35.1 Å². The molecule has 1 aromatic carbocycles. The molecule has 0 saturated heterocycles. The van der Waals surface area contributed by atoms with Crippen LogP contribution in [-0.2, 0) is 6.42 Å². The van der Waals surface area contributed by atoms with E-state index in [1.165, 1.54) is 17.9 Å². The third-order valence-corrected chi connectivity index (χ3v) is 3.06. The molecule has 0 bridgehead atoms. The second-order valence-corrected chi connectivity index (χ2v) is 4.41. The summed E-state index contributed by atoms with van der Waals surface area (Å²) in [7, 11) is 0. The van der Waals surface area contributed by atoms with Crippen molar-refractivity contribution in [2.24, 2.45) is 0 Å². The minimum atomic E-state index is 0.482. The largest absolute Gasteiger partial charge is 0.430 e. The zero-order chi connectivity index (χ0) is 13.1. The Bertz CT molecular complexity index is 649. The Kier molecular flexibility index (Phi) is 3.20. The van der Waals surface area contributed by atoms with Gasteiger partial charge in [-0.25, -0.2) is 0 Å². The lowest BCUT2D eigenvalue weighted by Gasteiger charge is -2.01. The van der Waals surface area contributed by atoms with Crippen LogP contribution in [0.1, 0.15) is 12.7 Å². The Balaban J connectivity index is 1.75. The average Bonchev–Trinajstić information content (AvgIpc) is 3.10. The van der Waals surface area contributed by atoms with Gasteiger partial charge in [-0.15, -0.1) is 10.2 Å². The summed E-state index contributed by atoms with van der Waals surface area (Å²) in [5, 5.41) is 8.02. The molecule has 0 N–H and O–H groups in total. The molecule has 0 radical (unpaired) electrons. The number of benzene rings is 1. The summed E-state index contributed by atoms with van der Waals surface area (Å²) in [6, 6.07) is 7.36. The van der Waals surface area contributed by atoms with Crippen molar-refractivity contribution in [2.75, 3.05) is 0 Å². The van der Waals surface area contributed by atoms with Gasteiger partial charge in [0.25, 0.3) is 5.19 Å². The summed E-state index contributed by atoms with van der Waals surface area (Å²) in [5.74, 6) is 1.97. The van der Waals surface area contributed by atoms with E-state index in [1.54, 1.807) is 0 Å². The minimum absolute atomic E-state index is 0.482. The molecule has 0 saturated carbocycles. The molecule has 3 rings (SSSR count). The topological polar surface area (TPSA) is 73.9 Å². The number of aryl methyl sites for hydroxylation is 1. The van der Waals surface area contributed by atoms with E-state index in [0.29, 0.717) is 16.8 Å². The lowest BCUT2D eigenvalue weighted by Crippen LogP contribution is -1.86. The van der Waals surface area contributed by atoms with Crippen molar-refractivity contribution in [1.82, 2.24) is 19.6 Å². The normalized spacial score (nSPS) is 10.6. The summed E-state index contributed by atoms with van der Waals surface area (Å²) in [5.41, 5.74) is 0.844. The highest BCUT2D eigenvalue weighted by molar-refractivity contribution is 7.07. The molecule has 19 heavy (non-hydrogen) atoms. The van der Waals surface area contributed by atoms with Crippen molar-refractivity contribution in [1.29, 1.82) is 0 Å². The summed E-state index contributed by atoms with van der Waals surface area (Å²) in [6.45, 7) is 2.00. The van der Waals surface area contributed by atoms with Gasteiger partial charge in [0.1, 0.15) is 11.6 Å². The van der Waals surface area contributed by atoms with Crippen molar-refractivity contribution in [3.63, 3.8) is 0 Å². The molecule has 7 heteroatoms. The Labute approximate surface area is 113 Å². The van der Waals surface area contributed by atoms with Crippen molar-refractivity contribution < 1.29 is 9.15 Å². The molecule has 0 amide bonds. The molecule has 0 fully saturated rings. The van der Waals surface area contributed by atoms with Gasteiger partial charge in [0.15, 0.2) is 0 Å². The number of rotatable bonds is 4. The number of ether oxygens (including phenoxy) is 1. The average molecular weight is 274 g/mol. The van der Waals surface area contributed by atoms with Gasteiger partial charge in [-0.2, -0.15) is 9.36 Å². The predicted molar refractivity (Wildman–Crippen MR) is 69.1 cm³/mol. The van der Waals surface area contributed by atoms with Gasteiger partial charge in [-0.05, 0) is 24.3 Å². The molecular weight excluding hydrogens is 264 g/mol. The van der Waals surface area contributed by atoms with Crippen LogP contribution in [0, 0.1) is 0 Å². The van der Waals surface area contributed by atoms with Crippen LogP contribution < -0.4 is 4.74 Å². The smallest absolute Gasteiger partial charge is 0.298 e. The van der Waals surface area contributed by atoms with Crippen molar-refractivity contribution in [3.8, 4) is 22.4 Å². The van der Waals surface area contributed by atoms with Crippen LogP contribution >= 0.6 is 11.5 Å². The van der Waals surface area contributed by atoms with E-state index < -0.39 is 0 Å². The first kappa shape index (κ1) is 11.8. The monoisotopic (exact) mass is 274 g/mol. The fourth-order valence-electron chi connectivity index (χ4n) is 1.49. The maximum atomic E-state index is 5.61. The van der Waals surface area contributed by atoms with E-state index in [1.807, 2.05) is 31.2 Å². The highest BCUT2D eigenvalue weighted by Gasteiger charge is 2.06. The number of nitrogens with zero attached hydrogens (tertiary/aromatic N) is 4. The number of hydrogen-bond acceptors (Lipinski definition) is 7. The van der Waals surface area contributed by atoms with Crippen molar-refractivity contribution in [3.05, 3.63) is 36.5 Å². The first-order chi connectivity index (χ1) is 9.35. The summed E-state index contributed by atoms with van der Waals surface area (Å²) >= 11 is 1.25. The van der Waals surface area contributed by atoms with Gasteiger partial charge >= 0.3 is 0 Å². The minimum Gasteiger partial charge on any atom is -0.430 e. The lowest BCUT2D eigenvalue weighted by atomic mass is 10.2. The SMILES string of the molecule is CCc1nsc(Oc2ccc(-c3nnco3)cc2)n1. The van der Waals surface area contributed by atoms with Gasteiger partial charge in [-0.3, -0.25) is 0 Å². The second kappa shape index (κ2) is 5.15. The van der Waals surface area contributed by atoms with E-state index in [2.05, 4.69) is 19.6 Å². The Hall–Kier alpha value is -2.28. The van der Waals surface area contributed by atoms with E-state index in [0.717, 1.165) is 17.8 Å². The zero-order valence-electron chi connectivity index (χ0n) is 10.1. The molecule has 0 aliphatic rings. The van der Waals surface area contributed by atoms with E-state index in [-0.39, 0.29) is 0 Å². The number of aromatic nitrogens is 4. The number of hydrogen-bond donors (Lipinski definition) is 0. The molecule has 0 atom stereocenters. The summed E-state index contributed by atoms with van der Waals surface area (Å²) < 4.78 is 14.9. The fourth-order valence-corrected chi connectivity index (χ4v) is 2.12. The molecule has 0 aliphatic heterocycles. The maximum absolute atomic E-state index is 5.61. The molecule has 0 aliphatic carbocycles. The summed E-state index contributed by atoms with van der Waals surface area (Å²) in [4.78, 5) is 4.24. The van der Waals surface area contributed by atoms with E-state index >= 15 is 0 Å². The molecular formula is C12H10N4O2S. The third kappa shape index (κ3) is 2.60. The molecule has 2 heterocycles. The Morgan fingerprint density at radius 1 is 1.26 bits per heavy atom. The second-order valence-electron chi connectivity index (χ2n) is 3.70. The third-order valence-electron chi connectivity index (χ3n) is 2.43. The lowest BCUT2D eigenvalue weighted by molar-refractivity contribution is 0.477. The predicted octanol–water partition coefficient (Wildman–Crippen LogP) is 2.94. The quantitative estimate of drug-likeness (QED) is 0.728. The molecule has 3 aromatic rings. The van der Waals surface area contributed by atoms with Gasteiger partial charge in [0.2, 0.25) is 12.3 Å². The van der Waals surface area contributed by atoms with Gasteiger partial charge in [0.05, 0.1) is 0 Å². The zero-order valence-corrected chi connectivity index (χ0v) is 10.9. The van der Waals surface area contributed by atoms with Crippen molar-refractivity contribution in [2.45, 2.75) is 13.3 Å². The van der Waals surface area contributed by atoms with Crippen LogP contribution in [0.5, 0.6) is 10.9 Å². The highest BCUT2D eigenvalue weighted by atomic mass is 32.1. The Morgan fingerprint density at radius 3 is 2.74 bits per heavy atom. The van der Waals surface area contributed by atoms with Gasteiger partial charge in [0, 0.05) is 23.5 Å². The molecule has 96 valence electrons. The first-order valence-corrected chi connectivity index (χ1v) is 6.49. The fraction of sp³-hybridized carbons (Fsp3) is 0.167. The molecule has 6 nitrogen and oxygen atoms in total. The Morgan fingerprint density at radius 2 is 2.11 bits per heavy atom. The highest BCUT2D eigenvalue weighted by Crippen LogP contribution is 2.25. The molecule has 0 unspecified atom stereocenters. The van der Waals surface area contributed by atoms with Gasteiger partial charge < -0.3 is 9.15 Å². The van der Waals surface area contributed by atoms with Crippen LogP contribution in [0.3, 0.4) is 0 Å². The molecule has 2 aromatic heterocycles. The van der Waals surface area contributed by atoms with Crippen LogP contribution in [0.4, 0.5) is 0 Å². The molecule has 0 spiro atoms. The standard InChI is InChI=1S/C12H10N4O2S/c1-2-10-14-12(19-16-10)18-9-5-3-8(4-6-9)11-15-13-7-17-11/h3-7H,2H2,1H3. The summed E-state index contributed by atoms with van der Waals surface area (Å²) in [6.07, 6.45) is 2.10. The van der Waals surface area contributed by atoms with Crippen LogP contribution in [0.25, 0.3) is 11.5 Å².